The average molecular weight is 243 g/mol. The minimum atomic E-state index is -0.0568. The topological polar surface area (TPSA) is 18.5 Å². The lowest BCUT2D eigenvalue weighted by molar-refractivity contribution is -0.0401. The molecule has 1 aliphatic heterocycles. The second-order valence-corrected chi connectivity index (χ2v) is 3.82. The Balaban J connectivity index is 2.04. The summed E-state index contributed by atoms with van der Waals surface area (Å²) >= 11 is 3.49. The van der Waals surface area contributed by atoms with E-state index in [2.05, 4.69) is 22.0 Å². The van der Waals surface area contributed by atoms with Crippen LogP contribution in [-0.2, 0) is 15.9 Å². The van der Waals surface area contributed by atoms with Crippen molar-refractivity contribution in [2.75, 3.05) is 13.2 Å². The van der Waals surface area contributed by atoms with Gasteiger partial charge in [-0.05, 0) is 11.6 Å². The summed E-state index contributed by atoms with van der Waals surface area (Å²) in [4.78, 5) is 0. The Morgan fingerprint density at radius 2 is 1.92 bits per heavy atom. The molecule has 0 N–H and O–H groups in total. The van der Waals surface area contributed by atoms with Crippen molar-refractivity contribution in [1.29, 1.82) is 0 Å². The van der Waals surface area contributed by atoms with Gasteiger partial charge in [0.15, 0.2) is 6.29 Å². The van der Waals surface area contributed by atoms with Gasteiger partial charge < -0.3 is 9.47 Å². The second kappa shape index (κ2) is 4.22. The van der Waals surface area contributed by atoms with Crippen LogP contribution in [0, 0.1) is 0 Å². The van der Waals surface area contributed by atoms with E-state index in [1.54, 1.807) is 0 Å². The molecule has 1 aromatic rings. The zero-order chi connectivity index (χ0) is 9.10. The van der Waals surface area contributed by atoms with Crippen molar-refractivity contribution in [2.24, 2.45) is 0 Å². The van der Waals surface area contributed by atoms with Crippen LogP contribution in [0.2, 0.25) is 0 Å². The van der Waals surface area contributed by atoms with Gasteiger partial charge >= 0.3 is 0 Å². The second-order valence-electron chi connectivity index (χ2n) is 2.97. The summed E-state index contributed by atoms with van der Waals surface area (Å²) in [7, 11) is 0. The Bertz CT molecular complexity index is 282. The Hall–Kier alpha value is -0.380. The molecule has 1 aliphatic rings. The highest BCUT2D eigenvalue weighted by atomic mass is 79.9. The molecule has 13 heavy (non-hydrogen) atoms. The number of rotatable bonds is 2. The Labute approximate surface area is 86.0 Å². The van der Waals surface area contributed by atoms with Gasteiger partial charge in [0.2, 0.25) is 0 Å². The molecule has 2 nitrogen and oxygen atoms in total. The van der Waals surface area contributed by atoms with E-state index in [1.807, 2.05) is 18.2 Å². The van der Waals surface area contributed by atoms with Gasteiger partial charge in [-0.3, -0.25) is 0 Å². The van der Waals surface area contributed by atoms with E-state index in [4.69, 9.17) is 9.47 Å². The molecule has 2 rings (SSSR count). The smallest absolute Gasteiger partial charge is 0.161 e. The molecular weight excluding hydrogens is 232 g/mol. The van der Waals surface area contributed by atoms with Gasteiger partial charge in [-0.2, -0.15) is 0 Å². The number of benzene rings is 1. The third kappa shape index (κ3) is 2.30. The van der Waals surface area contributed by atoms with Gasteiger partial charge in [0.1, 0.15) is 0 Å². The van der Waals surface area contributed by atoms with Crippen molar-refractivity contribution in [3.63, 3.8) is 0 Å². The average Bonchev–Trinajstić information content (AvgIpc) is 2.61. The highest BCUT2D eigenvalue weighted by molar-refractivity contribution is 9.10. The molecule has 70 valence electrons. The van der Waals surface area contributed by atoms with Gasteiger partial charge in [-0.1, -0.05) is 34.1 Å². The van der Waals surface area contributed by atoms with Crippen molar-refractivity contribution >= 4 is 15.9 Å². The van der Waals surface area contributed by atoms with Crippen molar-refractivity contribution in [3.8, 4) is 0 Å². The molecule has 1 fully saturated rings. The van der Waals surface area contributed by atoms with E-state index in [-0.39, 0.29) is 6.29 Å². The molecule has 0 unspecified atom stereocenters. The number of ether oxygens (including phenoxy) is 2. The number of halogens is 1. The van der Waals surface area contributed by atoms with Crippen LogP contribution in [0.1, 0.15) is 5.56 Å². The van der Waals surface area contributed by atoms with Crippen LogP contribution in [0.4, 0.5) is 0 Å². The summed E-state index contributed by atoms with van der Waals surface area (Å²) in [6, 6.07) is 8.14. The van der Waals surface area contributed by atoms with E-state index >= 15 is 0 Å². The van der Waals surface area contributed by atoms with E-state index in [9.17, 15) is 0 Å². The highest BCUT2D eigenvalue weighted by Crippen LogP contribution is 2.19. The predicted octanol–water partition coefficient (Wildman–Crippen LogP) is 2.36. The standard InChI is InChI=1S/C10H11BrO2/c11-9-4-2-1-3-8(9)7-10-12-5-6-13-10/h1-4,10H,5-7H2. The third-order valence-corrected chi connectivity index (χ3v) is 2.81. The summed E-state index contributed by atoms with van der Waals surface area (Å²) in [5, 5.41) is 0. The van der Waals surface area contributed by atoms with E-state index in [0.29, 0.717) is 0 Å². The van der Waals surface area contributed by atoms with Gasteiger partial charge in [0.25, 0.3) is 0 Å². The van der Waals surface area contributed by atoms with E-state index in [0.717, 1.165) is 24.1 Å². The largest absolute Gasteiger partial charge is 0.350 e. The number of hydrogen-bond acceptors (Lipinski definition) is 2. The van der Waals surface area contributed by atoms with Crippen molar-refractivity contribution in [1.82, 2.24) is 0 Å². The molecule has 0 spiro atoms. The highest BCUT2D eigenvalue weighted by Gasteiger charge is 2.16. The van der Waals surface area contributed by atoms with Crippen molar-refractivity contribution < 1.29 is 9.47 Å². The Morgan fingerprint density at radius 1 is 1.23 bits per heavy atom. The molecule has 3 heteroatoms. The zero-order valence-corrected chi connectivity index (χ0v) is 8.79. The van der Waals surface area contributed by atoms with Crippen molar-refractivity contribution in [2.45, 2.75) is 12.7 Å². The Kier molecular flexibility index (Phi) is 2.98. The minimum Gasteiger partial charge on any atom is -0.350 e. The molecular formula is C10H11BrO2. The molecule has 1 heterocycles. The zero-order valence-electron chi connectivity index (χ0n) is 7.20. The lowest BCUT2D eigenvalue weighted by Gasteiger charge is -2.09. The lowest BCUT2D eigenvalue weighted by atomic mass is 10.1. The summed E-state index contributed by atoms with van der Waals surface area (Å²) < 4.78 is 11.9. The van der Waals surface area contributed by atoms with Gasteiger partial charge in [0, 0.05) is 10.9 Å². The third-order valence-electron chi connectivity index (χ3n) is 2.04. The molecule has 0 aliphatic carbocycles. The molecule has 0 saturated carbocycles. The first-order chi connectivity index (χ1) is 6.36. The molecule has 0 atom stereocenters. The fourth-order valence-electron chi connectivity index (χ4n) is 1.37. The van der Waals surface area contributed by atoms with Gasteiger partial charge in [-0.25, -0.2) is 0 Å². The maximum Gasteiger partial charge on any atom is 0.161 e. The lowest BCUT2D eigenvalue weighted by Crippen LogP contribution is -2.11. The summed E-state index contributed by atoms with van der Waals surface area (Å²) in [5.74, 6) is 0. The monoisotopic (exact) mass is 242 g/mol. The molecule has 0 bridgehead atoms. The fourth-order valence-corrected chi connectivity index (χ4v) is 1.82. The molecule has 0 amide bonds. The normalized spacial score (nSPS) is 17.9. The quantitative estimate of drug-likeness (QED) is 0.793. The van der Waals surface area contributed by atoms with Crippen LogP contribution >= 0.6 is 15.9 Å². The van der Waals surface area contributed by atoms with Gasteiger partial charge in [0.05, 0.1) is 13.2 Å². The van der Waals surface area contributed by atoms with Crippen LogP contribution in [-0.4, -0.2) is 19.5 Å². The first-order valence-electron chi connectivity index (χ1n) is 4.33. The molecule has 0 radical (unpaired) electrons. The molecule has 0 aromatic heterocycles. The Morgan fingerprint density at radius 3 is 2.62 bits per heavy atom. The maximum atomic E-state index is 5.37. The molecule has 1 saturated heterocycles. The van der Waals surface area contributed by atoms with E-state index < -0.39 is 0 Å². The van der Waals surface area contributed by atoms with Crippen LogP contribution < -0.4 is 0 Å². The van der Waals surface area contributed by atoms with Crippen LogP contribution in [0.15, 0.2) is 28.7 Å². The van der Waals surface area contributed by atoms with Crippen molar-refractivity contribution in [3.05, 3.63) is 34.3 Å². The number of hydrogen-bond donors (Lipinski definition) is 0. The first-order valence-corrected chi connectivity index (χ1v) is 5.12. The predicted molar refractivity (Wildman–Crippen MR) is 53.5 cm³/mol. The first kappa shape index (κ1) is 9.19. The summed E-state index contributed by atoms with van der Waals surface area (Å²) in [6.07, 6.45) is 0.764. The maximum absolute atomic E-state index is 5.37. The summed E-state index contributed by atoms with van der Waals surface area (Å²) in [6.45, 7) is 1.43. The van der Waals surface area contributed by atoms with E-state index in [1.165, 1.54) is 5.56 Å². The van der Waals surface area contributed by atoms with Crippen LogP contribution in [0.3, 0.4) is 0 Å². The van der Waals surface area contributed by atoms with Crippen LogP contribution in [0.5, 0.6) is 0 Å². The van der Waals surface area contributed by atoms with Gasteiger partial charge in [-0.15, -0.1) is 0 Å². The summed E-state index contributed by atoms with van der Waals surface area (Å²) in [5.41, 5.74) is 1.23. The fraction of sp³-hybridized carbons (Fsp3) is 0.400. The SMILES string of the molecule is Brc1ccccc1CC1OCCO1. The molecule has 1 aromatic carbocycles. The minimum absolute atomic E-state index is 0.0568. The van der Waals surface area contributed by atoms with Crippen LogP contribution in [0.25, 0.3) is 0 Å².